The molecular formula is C28H28O5. The van der Waals surface area contributed by atoms with Crippen LogP contribution in [0.25, 0.3) is 11.1 Å². The van der Waals surface area contributed by atoms with Crippen molar-refractivity contribution < 1.29 is 24.1 Å². The van der Waals surface area contributed by atoms with Crippen molar-refractivity contribution in [1.82, 2.24) is 0 Å². The molecule has 33 heavy (non-hydrogen) atoms. The van der Waals surface area contributed by atoms with E-state index in [4.69, 9.17) is 19.3 Å². The third kappa shape index (κ3) is 3.82. The zero-order chi connectivity index (χ0) is 23.1. The maximum Gasteiger partial charge on any atom is 0.304 e. The van der Waals surface area contributed by atoms with Gasteiger partial charge in [-0.3, -0.25) is 4.79 Å². The summed E-state index contributed by atoms with van der Waals surface area (Å²) in [6.45, 7) is 4.66. The molecule has 0 bridgehead atoms. The van der Waals surface area contributed by atoms with E-state index in [0.717, 1.165) is 41.2 Å². The van der Waals surface area contributed by atoms with Gasteiger partial charge in [-0.05, 0) is 72.2 Å². The van der Waals surface area contributed by atoms with E-state index < -0.39 is 5.97 Å². The Morgan fingerprint density at radius 1 is 1.12 bits per heavy atom. The third-order valence-electron chi connectivity index (χ3n) is 6.89. The molecule has 0 saturated heterocycles. The molecular weight excluding hydrogens is 416 g/mol. The van der Waals surface area contributed by atoms with E-state index in [2.05, 4.69) is 38.1 Å². The van der Waals surface area contributed by atoms with E-state index in [-0.39, 0.29) is 18.4 Å². The van der Waals surface area contributed by atoms with Crippen molar-refractivity contribution in [2.75, 3.05) is 13.7 Å². The number of ether oxygens (including phenoxy) is 3. The summed E-state index contributed by atoms with van der Waals surface area (Å²) in [4.78, 5) is 11.1. The van der Waals surface area contributed by atoms with E-state index in [1.807, 2.05) is 24.3 Å². The van der Waals surface area contributed by atoms with Crippen molar-refractivity contribution in [3.05, 3.63) is 76.3 Å². The highest BCUT2D eigenvalue weighted by atomic mass is 16.5. The number of hydrogen-bond acceptors (Lipinski definition) is 4. The van der Waals surface area contributed by atoms with E-state index in [9.17, 15) is 4.79 Å². The molecule has 3 aromatic carbocycles. The molecule has 0 aromatic heterocycles. The van der Waals surface area contributed by atoms with Crippen molar-refractivity contribution >= 4 is 5.97 Å². The summed E-state index contributed by atoms with van der Waals surface area (Å²) in [5, 5.41) is 9.12. The molecule has 5 heteroatoms. The molecule has 0 fully saturated rings. The van der Waals surface area contributed by atoms with Crippen molar-refractivity contribution in [1.29, 1.82) is 0 Å². The van der Waals surface area contributed by atoms with Crippen LogP contribution in [0.4, 0.5) is 0 Å². The van der Waals surface area contributed by atoms with Crippen LogP contribution in [0.2, 0.25) is 0 Å². The van der Waals surface area contributed by atoms with Crippen molar-refractivity contribution in [2.45, 2.75) is 45.1 Å². The van der Waals surface area contributed by atoms with E-state index in [0.29, 0.717) is 6.61 Å². The molecule has 0 saturated carbocycles. The lowest BCUT2D eigenvalue weighted by atomic mass is 9.90. The fourth-order valence-electron chi connectivity index (χ4n) is 5.31. The lowest BCUT2D eigenvalue weighted by Crippen LogP contribution is -2.07. The number of fused-ring (bicyclic) bond motifs is 2. The monoisotopic (exact) mass is 444 g/mol. The van der Waals surface area contributed by atoms with Gasteiger partial charge in [-0.1, -0.05) is 30.3 Å². The van der Waals surface area contributed by atoms with Gasteiger partial charge < -0.3 is 19.3 Å². The Balaban J connectivity index is 1.43. The fourth-order valence-corrected chi connectivity index (χ4v) is 5.31. The second-order valence-corrected chi connectivity index (χ2v) is 8.91. The summed E-state index contributed by atoms with van der Waals surface area (Å²) in [7, 11) is 1.71. The van der Waals surface area contributed by atoms with Crippen molar-refractivity contribution in [2.24, 2.45) is 0 Å². The van der Waals surface area contributed by atoms with Gasteiger partial charge >= 0.3 is 5.97 Å². The molecule has 0 unspecified atom stereocenters. The lowest BCUT2D eigenvalue weighted by molar-refractivity contribution is -0.137. The summed E-state index contributed by atoms with van der Waals surface area (Å²) < 4.78 is 17.8. The maximum absolute atomic E-state index is 11.1. The van der Waals surface area contributed by atoms with Gasteiger partial charge in [-0.25, -0.2) is 0 Å². The van der Waals surface area contributed by atoms with Crippen LogP contribution in [-0.4, -0.2) is 24.8 Å². The van der Waals surface area contributed by atoms with Gasteiger partial charge in [-0.15, -0.1) is 0 Å². The molecule has 5 rings (SSSR count). The topological polar surface area (TPSA) is 65.0 Å². The highest BCUT2D eigenvalue weighted by Gasteiger charge is 2.30. The SMILES string of the molecule is COc1ccc(C)c(-c2cccc3c2CC[C@H]3Oc2ccc3c(c2)OC[C@H]3CC(=O)O)c1C. The second-order valence-electron chi connectivity index (χ2n) is 8.91. The Morgan fingerprint density at radius 2 is 1.97 bits per heavy atom. The van der Waals surface area contributed by atoms with Crippen LogP contribution in [0.3, 0.4) is 0 Å². The van der Waals surface area contributed by atoms with Crippen LogP contribution in [0.5, 0.6) is 17.2 Å². The molecule has 0 spiro atoms. The van der Waals surface area contributed by atoms with Crippen LogP contribution in [0.1, 0.15) is 52.7 Å². The normalized spacial score (nSPS) is 18.4. The fraction of sp³-hybridized carbons (Fsp3) is 0.321. The largest absolute Gasteiger partial charge is 0.496 e. The van der Waals surface area contributed by atoms with Gasteiger partial charge in [0.05, 0.1) is 20.1 Å². The minimum Gasteiger partial charge on any atom is -0.496 e. The summed E-state index contributed by atoms with van der Waals surface area (Å²) in [6, 6.07) is 16.4. The number of carbonyl (C=O) groups is 1. The molecule has 2 atom stereocenters. The van der Waals surface area contributed by atoms with E-state index >= 15 is 0 Å². The molecule has 5 nitrogen and oxygen atoms in total. The summed E-state index contributed by atoms with van der Waals surface area (Å²) in [6.07, 6.45) is 1.91. The molecule has 1 N–H and O–H groups in total. The van der Waals surface area contributed by atoms with Gasteiger partial charge in [0.25, 0.3) is 0 Å². The van der Waals surface area contributed by atoms with Crippen LogP contribution in [0, 0.1) is 13.8 Å². The Kier molecular flexibility index (Phi) is 5.49. The number of carboxylic acids is 1. The van der Waals surface area contributed by atoms with Crippen LogP contribution < -0.4 is 14.2 Å². The summed E-state index contributed by atoms with van der Waals surface area (Å²) >= 11 is 0. The number of aryl methyl sites for hydroxylation is 1. The first-order valence-electron chi connectivity index (χ1n) is 11.4. The number of benzene rings is 3. The van der Waals surface area contributed by atoms with Gasteiger partial charge in [0, 0.05) is 17.5 Å². The number of rotatable bonds is 6. The molecule has 3 aromatic rings. The Morgan fingerprint density at radius 3 is 2.76 bits per heavy atom. The molecule has 1 aliphatic carbocycles. The summed E-state index contributed by atoms with van der Waals surface area (Å²) in [5.74, 6) is 1.47. The highest BCUT2D eigenvalue weighted by molar-refractivity contribution is 5.77. The molecule has 0 radical (unpaired) electrons. The number of carboxylic acid groups (broad SMARTS) is 1. The average Bonchev–Trinajstić information content (AvgIpc) is 3.38. The first-order chi connectivity index (χ1) is 16.0. The van der Waals surface area contributed by atoms with E-state index in [1.54, 1.807) is 7.11 Å². The Bertz CT molecular complexity index is 1230. The zero-order valence-corrected chi connectivity index (χ0v) is 19.2. The molecule has 1 heterocycles. The molecule has 0 amide bonds. The maximum atomic E-state index is 11.1. The minimum absolute atomic E-state index is 0.0274. The lowest BCUT2D eigenvalue weighted by Gasteiger charge is -2.18. The van der Waals surface area contributed by atoms with E-state index in [1.165, 1.54) is 27.8 Å². The van der Waals surface area contributed by atoms with Gasteiger partial charge in [-0.2, -0.15) is 0 Å². The van der Waals surface area contributed by atoms with Gasteiger partial charge in [0.2, 0.25) is 0 Å². The Hall–Kier alpha value is -3.47. The summed E-state index contributed by atoms with van der Waals surface area (Å²) in [5.41, 5.74) is 8.38. The number of hydrogen-bond donors (Lipinski definition) is 1. The molecule has 170 valence electrons. The van der Waals surface area contributed by atoms with Crippen molar-refractivity contribution in [3.8, 4) is 28.4 Å². The average molecular weight is 445 g/mol. The van der Waals surface area contributed by atoms with Crippen LogP contribution in [0.15, 0.2) is 48.5 Å². The Labute approximate surface area is 193 Å². The van der Waals surface area contributed by atoms with Crippen LogP contribution in [-0.2, 0) is 11.2 Å². The number of methoxy groups -OCH3 is 1. The zero-order valence-electron chi connectivity index (χ0n) is 19.2. The van der Waals surface area contributed by atoms with Crippen molar-refractivity contribution in [3.63, 3.8) is 0 Å². The predicted octanol–water partition coefficient (Wildman–Crippen LogP) is 6.00. The first kappa shape index (κ1) is 21.4. The smallest absolute Gasteiger partial charge is 0.304 e. The van der Waals surface area contributed by atoms with Gasteiger partial charge in [0.15, 0.2) is 0 Å². The second kappa shape index (κ2) is 8.47. The molecule has 2 aliphatic rings. The minimum atomic E-state index is -0.809. The third-order valence-corrected chi connectivity index (χ3v) is 6.89. The predicted molar refractivity (Wildman–Crippen MR) is 127 cm³/mol. The quantitative estimate of drug-likeness (QED) is 0.505. The highest BCUT2D eigenvalue weighted by Crippen LogP contribution is 2.44. The molecule has 1 aliphatic heterocycles. The van der Waals surface area contributed by atoms with Gasteiger partial charge in [0.1, 0.15) is 23.4 Å². The number of aliphatic carboxylic acids is 1. The standard InChI is InChI=1S/C28H28O5/c1-16-7-11-24(31-3)17(2)28(16)23-6-4-5-22-21(23)10-12-25(22)33-19-8-9-20-18(13-27(29)30)15-32-26(20)14-19/h4-9,11,14,18,25H,10,12-13,15H2,1-3H3,(H,29,30)/t18-,25-/m1/s1. The first-order valence-corrected chi connectivity index (χ1v) is 11.4. The van der Waals surface area contributed by atoms with Crippen LogP contribution >= 0.6 is 0 Å².